The van der Waals surface area contributed by atoms with Gasteiger partial charge < -0.3 is 23.4 Å². The van der Waals surface area contributed by atoms with Gasteiger partial charge in [-0.25, -0.2) is 0 Å². The van der Waals surface area contributed by atoms with E-state index in [9.17, 15) is 4.79 Å². The fourth-order valence-electron chi connectivity index (χ4n) is 4.55. The standard InChI is InChI=1S/C22H34O5Si/c1-6-28(7-2,8-3)27-20-13-17-19(24-5)12-16-14-25-15-18(16)21(17)26-22(20,4)10-9-11-23/h11-12,20H,6-10,13-15H2,1-5H3/t20?,22-/m0/s1. The molecule has 1 aromatic carbocycles. The Balaban J connectivity index is 2.04. The van der Waals surface area contributed by atoms with E-state index in [0.29, 0.717) is 26.1 Å². The summed E-state index contributed by atoms with van der Waals surface area (Å²) in [6.07, 6.45) is 2.75. The van der Waals surface area contributed by atoms with E-state index in [1.807, 2.05) is 0 Å². The summed E-state index contributed by atoms with van der Waals surface area (Å²) < 4.78 is 25.0. The number of hydrogen-bond acceptors (Lipinski definition) is 5. The molecule has 1 unspecified atom stereocenters. The molecule has 0 spiro atoms. The van der Waals surface area contributed by atoms with Crippen LogP contribution in [0.5, 0.6) is 11.5 Å². The topological polar surface area (TPSA) is 54.0 Å². The van der Waals surface area contributed by atoms with Gasteiger partial charge in [-0.3, -0.25) is 0 Å². The normalized spacial score (nSPS) is 23.7. The van der Waals surface area contributed by atoms with Gasteiger partial charge in [-0.15, -0.1) is 0 Å². The van der Waals surface area contributed by atoms with Crippen LogP contribution in [0, 0.1) is 0 Å². The second kappa shape index (κ2) is 8.55. The monoisotopic (exact) mass is 406 g/mol. The summed E-state index contributed by atoms with van der Waals surface area (Å²) in [7, 11) is -0.131. The van der Waals surface area contributed by atoms with Crippen LogP contribution in [-0.4, -0.2) is 33.4 Å². The zero-order chi connectivity index (χ0) is 20.4. The van der Waals surface area contributed by atoms with Gasteiger partial charge in [0.05, 0.1) is 26.4 Å². The van der Waals surface area contributed by atoms with Crippen LogP contribution in [0.2, 0.25) is 18.1 Å². The van der Waals surface area contributed by atoms with Gasteiger partial charge >= 0.3 is 0 Å². The van der Waals surface area contributed by atoms with E-state index in [2.05, 4.69) is 33.8 Å². The van der Waals surface area contributed by atoms with Gasteiger partial charge in [0, 0.05) is 24.0 Å². The van der Waals surface area contributed by atoms with Crippen molar-refractivity contribution in [3.8, 4) is 11.5 Å². The van der Waals surface area contributed by atoms with Crippen molar-refractivity contribution >= 4 is 14.6 Å². The van der Waals surface area contributed by atoms with E-state index < -0.39 is 13.9 Å². The number of carbonyl (C=O) groups excluding carboxylic acids is 1. The zero-order valence-corrected chi connectivity index (χ0v) is 18.9. The lowest BCUT2D eigenvalue weighted by molar-refractivity contribution is -0.110. The van der Waals surface area contributed by atoms with Crippen LogP contribution in [0.1, 0.15) is 57.2 Å². The highest BCUT2D eigenvalue weighted by molar-refractivity contribution is 6.73. The first-order valence-corrected chi connectivity index (χ1v) is 13.1. The molecule has 0 bridgehead atoms. The smallest absolute Gasteiger partial charge is 0.192 e. The molecule has 2 aliphatic heterocycles. The maximum absolute atomic E-state index is 11.2. The van der Waals surface area contributed by atoms with Crippen molar-refractivity contribution < 1.29 is 23.4 Å². The molecule has 0 aliphatic carbocycles. The molecule has 0 radical (unpaired) electrons. The summed E-state index contributed by atoms with van der Waals surface area (Å²) in [6, 6.07) is 5.34. The third-order valence-electron chi connectivity index (χ3n) is 6.75. The lowest BCUT2D eigenvalue weighted by Gasteiger charge is -2.46. The van der Waals surface area contributed by atoms with Crippen LogP contribution in [0.15, 0.2) is 6.07 Å². The molecule has 28 heavy (non-hydrogen) atoms. The summed E-state index contributed by atoms with van der Waals surface area (Å²) in [5, 5.41) is 0. The molecular formula is C22H34O5Si. The number of ether oxygens (including phenoxy) is 3. The van der Waals surface area contributed by atoms with Crippen molar-refractivity contribution in [2.45, 2.75) is 90.0 Å². The Morgan fingerprint density at radius 1 is 1.21 bits per heavy atom. The van der Waals surface area contributed by atoms with Crippen LogP contribution in [-0.2, 0) is 33.6 Å². The van der Waals surface area contributed by atoms with Crippen molar-refractivity contribution in [2.75, 3.05) is 7.11 Å². The number of aldehydes is 1. The van der Waals surface area contributed by atoms with E-state index in [4.69, 9.17) is 18.6 Å². The Morgan fingerprint density at radius 2 is 1.93 bits per heavy atom. The first kappa shape index (κ1) is 21.3. The quantitative estimate of drug-likeness (QED) is 0.436. The Kier molecular flexibility index (Phi) is 6.52. The summed E-state index contributed by atoms with van der Waals surface area (Å²) >= 11 is 0. The van der Waals surface area contributed by atoms with Crippen LogP contribution in [0.25, 0.3) is 0 Å². The molecule has 0 saturated carbocycles. The summed E-state index contributed by atoms with van der Waals surface area (Å²) in [4.78, 5) is 11.2. The molecule has 6 heteroatoms. The molecule has 0 N–H and O–H groups in total. The fourth-order valence-corrected chi connectivity index (χ4v) is 7.48. The number of fused-ring (bicyclic) bond motifs is 3. The van der Waals surface area contributed by atoms with Crippen molar-refractivity contribution in [3.05, 3.63) is 22.8 Å². The number of methoxy groups -OCH3 is 1. The molecule has 2 atom stereocenters. The number of hydrogen-bond donors (Lipinski definition) is 0. The number of carbonyl (C=O) groups is 1. The molecule has 2 aliphatic rings. The minimum atomic E-state index is -1.84. The highest BCUT2D eigenvalue weighted by Crippen LogP contribution is 2.47. The van der Waals surface area contributed by atoms with Crippen LogP contribution in [0.3, 0.4) is 0 Å². The fraction of sp³-hybridized carbons (Fsp3) is 0.682. The van der Waals surface area contributed by atoms with Crippen LogP contribution >= 0.6 is 0 Å². The molecule has 5 nitrogen and oxygen atoms in total. The van der Waals surface area contributed by atoms with Gasteiger partial charge in [-0.2, -0.15) is 0 Å². The minimum absolute atomic E-state index is 0.0826. The van der Waals surface area contributed by atoms with Gasteiger partial charge in [0.25, 0.3) is 0 Å². The second-order valence-electron chi connectivity index (χ2n) is 8.19. The predicted molar refractivity (Wildman–Crippen MR) is 112 cm³/mol. The zero-order valence-electron chi connectivity index (χ0n) is 17.9. The van der Waals surface area contributed by atoms with Crippen LogP contribution < -0.4 is 9.47 Å². The Bertz CT molecular complexity index is 707. The molecular weight excluding hydrogens is 372 g/mol. The summed E-state index contributed by atoms with van der Waals surface area (Å²) in [6.45, 7) is 9.98. The molecule has 0 fully saturated rings. The third kappa shape index (κ3) is 3.74. The molecule has 0 saturated heterocycles. The largest absolute Gasteiger partial charge is 0.496 e. The predicted octanol–water partition coefficient (Wildman–Crippen LogP) is 4.79. The first-order chi connectivity index (χ1) is 13.5. The Labute approximate surface area is 169 Å². The first-order valence-electron chi connectivity index (χ1n) is 10.6. The maximum atomic E-state index is 11.2. The van der Waals surface area contributed by atoms with E-state index in [1.54, 1.807) is 7.11 Å². The van der Waals surface area contributed by atoms with Gasteiger partial charge in [0.1, 0.15) is 23.4 Å². The second-order valence-corrected chi connectivity index (χ2v) is 12.9. The lowest BCUT2D eigenvalue weighted by atomic mass is 9.84. The van der Waals surface area contributed by atoms with E-state index in [-0.39, 0.29) is 6.10 Å². The van der Waals surface area contributed by atoms with Crippen molar-refractivity contribution in [1.82, 2.24) is 0 Å². The highest BCUT2D eigenvalue weighted by atomic mass is 28.4. The number of rotatable bonds is 9. The van der Waals surface area contributed by atoms with E-state index in [1.165, 1.54) is 0 Å². The lowest BCUT2D eigenvalue weighted by Crippen LogP contribution is -2.55. The van der Waals surface area contributed by atoms with E-state index in [0.717, 1.165) is 59.0 Å². The Morgan fingerprint density at radius 3 is 2.54 bits per heavy atom. The third-order valence-corrected chi connectivity index (χ3v) is 11.4. The van der Waals surface area contributed by atoms with Gasteiger partial charge in [0.15, 0.2) is 8.32 Å². The van der Waals surface area contributed by atoms with Gasteiger partial charge in [-0.05, 0) is 43.1 Å². The number of benzene rings is 1. The maximum Gasteiger partial charge on any atom is 0.192 e. The van der Waals surface area contributed by atoms with Crippen molar-refractivity contribution in [1.29, 1.82) is 0 Å². The van der Waals surface area contributed by atoms with Gasteiger partial charge in [0.2, 0.25) is 0 Å². The average molecular weight is 407 g/mol. The van der Waals surface area contributed by atoms with E-state index >= 15 is 0 Å². The average Bonchev–Trinajstić information content (AvgIpc) is 3.19. The highest BCUT2D eigenvalue weighted by Gasteiger charge is 2.47. The van der Waals surface area contributed by atoms with Crippen molar-refractivity contribution in [3.63, 3.8) is 0 Å². The van der Waals surface area contributed by atoms with Crippen LogP contribution in [0.4, 0.5) is 0 Å². The van der Waals surface area contributed by atoms with Crippen molar-refractivity contribution in [2.24, 2.45) is 0 Å². The summed E-state index contributed by atoms with van der Waals surface area (Å²) in [5.41, 5.74) is 2.80. The summed E-state index contributed by atoms with van der Waals surface area (Å²) in [5.74, 6) is 1.74. The SMILES string of the molecule is CC[Si](CC)(CC)OC1Cc2c(OC)cc3c(c2O[C@@]1(C)CCC=O)COC3. The van der Waals surface area contributed by atoms with Gasteiger partial charge in [-0.1, -0.05) is 20.8 Å². The molecule has 2 heterocycles. The Hall–Kier alpha value is -1.37. The molecule has 156 valence electrons. The molecule has 0 aromatic heterocycles. The minimum Gasteiger partial charge on any atom is -0.496 e. The molecule has 0 amide bonds. The molecule has 1 aromatic rings. The molecule has 3 rings (SSSR count).